The number of carbonyl (C=O) groups is 1. The molecule has 2 aromatic rings. The lowest BCUT2D eigenvalue weighted by molar-refractivity contribution is 0.103. The Morgan fingerprint density at radius 2 is 2.25 bits per heavy atom. The number of thiophene rings is 1. The topological polar surface area (TPSA) is 49.3 Å². The van der Waals surface area contributed by atoms with Gasteiger partial charge in [-0.2, -0.15) is 0 Å². The van der Waals surface area contributed by atoms with Gasteiger partial charge in [0, 0.05) is 10.6 Å². The van der Waals surface area contributed by atoms with Gasteiger partial charge >= 0.3 is 0 Å². The summed E-state index contributed by atoms with van der Waals surface area (Å²) in [4.78, 5) is 12.9. The number of aliphatic hydroxyl groups is 1. The Morgan fingerprint density at radius 1 is 1.45 bits per heavy atom. The number of anilines is 1. The van der Waals surface area contributed by atoms with Gasteiger partial charge in [-0.05, 0) is 42.1 Å². The average molecular weight is 306 g/mol. The van der Waals surface area contributed by atoms with Crippen LogP contribution in [-0.2, 0) is 0 Å². The molecule has 2 N–H and O–H groups in total. The SMILES string of the molecule is Cc1ccsc1C(=O)Nc1cc(Cl)ccc1C#CCO. The molecule has 3 nitrogen and oxygen atoms in total. The second-order valence-corrected chi connectivity index (χ2v) is 5.39. The van der Waals surface area contributed by atoms with Crippen LogP contribution < -0.4 is 5.32 Å². The molecule has 2 rings (SSSR count). The maximum absolute atomic E-state index is 12.2. The summed E-state index contributed by atoms with van der Waals surface area (Å²) < 4.78 is 0. The molecule has 0 radical (unpaired) electrons. The first-order valence-corrected chi connectivity index (χ1v) is 7.12. The first-order chi connectivity index (χ1) is 9.61. The average Bonchev–Trinajstić information content (AvgIpc) is 2.84. The van der Waals surface area contributed by atoms with Crippen molar-refractivity contribution in [2.24, 2.45) is 0 Å². The fourth-order valence-electron chi connectivity index (χ4n) is 1.65. The molecule has 0 aliphatic heterocycles. The molecule has 0 atom stereocenters. The summed E-state index contributed by atoms with van der Waals surface area (Å²) in [5, 5.41) is 13.9. The van der Waals surface area contributed by atoms with Crippen molar-refractivity contribution in [2.45, 2.75) is 6.92 Å². The second kappa shape index (κ2) is 6.58. The number of carbonyl (C=O) groups excluding carboxylic acids is 1. The molecule has 0 fully saturated rings. The third kappa shape index (κ3) is 3.40. The summed E-state index contributed by atoms with van der Waals surface area (Å²) in [6.07, 6.45) is 0. The minimum atomic E-state index is -0.236. The largest absolute Gasteiger partial charge is 0.384 e. The van der Waals surface area contributed by atoms with E-state index in [-0.39, 0.29) is 12.5 Å². The van der Waals surface area contributed by atoms with Crippen LogP contribution in [0.4, 0.5) is 5.69 Å². The van der Waals surface area contributed by atoms with E-state index in [4.69, 9.17) is 16.7 Å². The lowest BCUT2D eigenvalue weighted by atomic mass is 10.1. The zero-order chi connectivity index (χ0) is 14.5. The van der Waals surface area contributed by atoms with Gasteiger partial charge in [0.25, 0.3) is 5.91 Å². The second-order valence-electron chi connectivity index (χ2n) is 4.04. The van der Waals surface area contributed by atoms with Crippen molar-refractivity contribution < 1.29 is 9.90 Å². The molecule has 5 heteroatoms. The molecular weight excluding hydrogens is 294 g/mol. The Morgan fingerprint density at radius 3 is 2.90 bits per heavy atom. The van der Waals surface area contributed by atoms with E-state index in [1.807, 2.05) is 18.4 Å². The van der Waals surface area contributed by atoms with Crippen molar-refractivity contribution >= 4 is 34.5 Å². The Balaban J connectivity index is 2.31. The van der Waals surface area contributed by atoms with E-state index in [0.717, 1.165) is 5.56 Å². The Kier molecular flexibility index (Phi) is 4.80. The fraction of sp³-hybridized carbons (Fsp3) is 0.133. The third-order valence-corrected chi connectivity index (χ3v) is 3.85. The Labute approximate surface area is 126 Å². The van der Waals surface area contributed by atoms with E-state index in [1.165, 1.54) is 11.3 Å². The molecule has 0 saturated heterocycles. The first-order valence-electron chi connectivity index (χ1n) is 5.86. The predicted molar refractivity (Wildman–Crippen MR) is 82.4 cm³/mol. The van der Waals surface area contributed by atoms with Crippen molar-refractivity contribution in [1.82, 2.24) is 0 Å². The lowest BCUT2D eigenvalue weighted by Gasteiger charge is -2.07. The van der Waals surface area contributed by atoms with Gasteiger partial charge < -0.3 is 10.4 Å². The molecule has 1 amide bonds. The molecule has 0 spiro atoms. The van der Waals surface area contributed by atoms with Crippen molar-refractivity contribution in [3.63, 3.8) is 0 Å². The minimum Gasteiger partial charge on any atom is -0.384 e. The highest BCUT2D eigenvalue weighted by Gasteiger charge is 2.12. The first kappa shape index (κ1) is 14.6. The van der Waals surface area contributed by atoms with Gasteiger partial charge in [0.2, 0.25) is 0 Å². The van der Waals surface area contributed by atoms with Crippen LogP contribution in [0.25, 0.3) is 0 Å². The van der Waals surface area contributed by atoms with Crippen LogP contribution in [0.5, 0.6) is 0 Å². The molecule has 1 aromatic carbocycles. The molecule has 0 saturated carbocycles. The Hall–Kier alpha value is -1.80. The van der Waals surface area contributed by atoms with Crippen LogP contribution in [0.3, 0.4) is 0 Å². The highest BCUT2D eigenvalue weighted by Crippen LogP contribution is 2.23. The predicted octanol–water partition coefficient (Wildman–Crippen LogP) is 3.31. The van der Waals surface area contributed by atoms with E-state index >= 15 is 0 Å². The number of halogens is 1. The van der Waals surface area contributed by atoms with E-state index < -0.39 is 0 Å². The molecule has 1 aromatic heterocycles. The van der Waals surface area contributed by atoms with Crippen LogP contribution in [0.2, 0.25) is 5.02 Å². The summed E-state index contributed by atoms with van der Waals surface area (Å²) in [7, 11) is 0. The van der Waals surface area contributed by atoms with E-state index in [1.54, 1.807) is 18.2 Å². The third-order valence-electron chi connectivity index (χ3n) is 2.60. The molecule has 0 aliphatic rings. The zero-order valence-corrected chi connectivity index (χ0v) is 12.3. The Bertz CT molecular complexity index is 697. The summed E-state index contributed by atoms with van der Waals surface area (Å²) in [5.41, 5.74) is 2.08. The standard InChI is InChI=1S/C15H12ClNO2S/c1-10-6-8-20-14(10)15(19)17-13-9-12(16)5-4-11(13)3-2-7-18/h4-6,8-9,18H,7H2,1H3,(H,17,19). The summed E-state index contributed by atoms with van der Waals surface area (Å²) in [6, 6.07) is 6.94. The molecular formula is C15H12ClNO2S. The number of rotatable bonds is 2. The molecule has 1 heterocycles. The van der Waals surface area contributed by atoms with Gasteiger partial charge in [0.05, 0.1) is 10.6 Å². The number of aryl methyl sites for hydroxylation is 1. The van der Waals surface area contributed by atoms with Crippen LogP contribution in [0.15, 0.2) is 29.6 Å². The number of nitrogens with one attached hydrogen (secondary N) is 1. The minimum absolute atomic E-state index is 0.188. The van der Waals surface area contributed by atoms with Crippen LogP contribution in [0, 0.1) is 18.8 Å². The van der Waals surface area contributed by atoms with Crippen LogP contribution >= 0.6 is 22.9 Å². The molecule has 0 aliphatic carbocycles. The van der Waals surface area contributed by atoms with Crippen molar-refractivity contribution in [3.05, 3.63) is 50.7 Å². The summed E-state index contributed by atoms with van der Waals surface area (Å²) >= 11 is 7.33. The summed E-state index contributed by atoms with van der Waals surface area (Å²) in [5.74, 6) is 5.15. The van der Waals surface area contributed by atoms with E-state index in [2.05, 4.69) is 17.2 Å². The molecule has 20 heavy (non-hydrogen) atoms. The van der Waals surface area contributed by atoms with Gasteiger partial charge in [0.15, 0.2) is 0 Å². The van der Waals surface area contributed by atoms with Crippen LogP contribution in [0.1, 0.15) is 20.8 Å². The number of amides is 1. The highest BCUT2D eigenvalue weighted by molar-refractivity contribution is 7.12. The lowest BCUT2D eigenvalue weighted by Crippen LogP contribution is -2.12. The van der Waals surface area contributed by atoms with Crippen molar-refractivity contribution in [2.75, 3.05) is 11.9 Å². The fourth-order valence-corrected chi connectivity index (χ4v) is 2.64. The number of benzene rings is 1. The van der Waals surface area contributed by atoms with Gasteiger partial charge in [-0.3, -0.25) is 4.79 Å². The van der Waals surface area contributed by atoms with Gasteiger partial charge in [0.1, 0.15) is 6.61 Å². The van der Waals surface area contributed by atoms with Crippen molar-refractivity contribution in [1.29, 1.82) is 0 Å². The number of hydrogen-bond donors (Lipinski definition) is 2. The normalized spacial score (nSPS) is 9.75. The van der Waals surface area contributed by atoms with E-state index in [0.29, 0.717) is 21.2 Å². The number of aliphatic hydroxyl groups excluding tert-OH is 1. The maximum atomic E-state index is 12.2. The van der Waals surface area contributed by atoms with E-state index in [9.17, 15) is 4.79 Å². The summed E-state index contributed by atoms with van der Waals surface area (Å²) in [6.45, 7) is 1.65. The highest BCUT2D eigenvalue weighted by atomic mass is 35.5. The maximum Gasteiger partial charge on any atom is 0.266 e. The zero-order valence-electron chi connectivity index (χ0n) is 10.7. The number of hydrogen-bond acceptors (Lipinski definition) is 3. The van der Waals surface area contributed by atoms with Crippen LogP contribution in [-0.4, -0.2) is 17.6 Å². The monoisotopic (exact) mass is 305 g/mol. The van der Waals surface area contributed by atoms with Gasteiger partial charge in [-0.25, -0.2) is 0 Å². The van der Waals surface area contributed by atoms with Crippen molar-refractivity contribution in [3.8, 4) is 11.8 Å². The van der Waals surface area contributed by atoms with Gasteiger partial charge in [-0.15, -0.1) is 11.3 Å². The molecule has 0 unspecified atom stereocenters. The quantitative estimate of drug-likeness (QED) is 0.836. The smallest absolute Gasteiger partial charge is 0.266 e. The van der Waals surface area contributed by atoms with Gasteiger partial charge in [-0.1, -0.05) is 23.4 Å². The molecule has 102 valence electrons. The molecule has 0 bridgehead atoms.